The normalized spacial score (nSPS) is 17.1. The van der Waals surface area contributed by atoms with Crippen LogP contribution >= 0.6 is 0 Å². The average molecular weight is 537 g/mol. The lowest BCUT2D eigenvalue weighted by Crippen LogP contribution is -2.45. The van der Waals surface area contributed by atoms with Crippen LogP contribution in [0.3, 0.4) is 0 Å². The van der Waals surface area contributed by atoms with E-state index in [0.29, 0.717) is 42.9 Å². The van der Waals surface area contributed by atoms with Crippen molar-refractivity contribution < 1.29 is 19.4 Å². The highest BCUT2D eigenvalue weighted by molar-refractivity contribution is 6.01. The second-order valence-electron chi connectivity index (χ2n) is 11.0. The Morgan fingerprint density at radius 2 is 2.00 bits per heavy atom. The minimum atomic E-state index is -0.555. The maximum Gasteiger partial charge on any atom is 0.251 e. The molecule has 1 saturated carbocycles. The number of rotatable bonds is 10. The molecule has 1 aromatic heterocycles. The second kappa shape index (κ2) is 12.1. The van der Waals surface area contributed by atoms with Crippen LogP contribution < -0.4 is 20.4 Å². The zero-order valence-corrected chi connectivity index (χ0v) is 23.4. The van der Waals surface area contributed by atoms with Gasteiger partial charge in [0, 0.05) is 43.0 Å². The lowest BCUT2D eigenvalue weighted by molar-refractivity contribution is -0.125. The monoisotopic (exact) mass is 536 g/mol. The molecule has 2 heterocycles. The maximum atomic E-state index is 13.3. The van der Waals surface area contributed by atoms with Crippen molar-refractivity contribution in [3.63, 3.8) is 0 Å². The van der Waals surface area contributed by atoms with Gasteiger partial charge in [-0.25, -0.2) is 4.98 Å². The predicted molar refractivity (Wildman–Crippen MR) is 153 cm³/mol. The van der Waals surface area contributed by atoms with E-state index in [1.807, 2.05) is 26.8 Å². The summed E-state index contributed by atoms with van der Waals surface area (Å²) in [5.41, 5.74) is 2.94. The number of amides is 2. The van der Waals surface area contributed by atoms with Gasteiger partial charge in [0.2, 0.25) is 11.9 Å². The van der Waals surface area contributed by atoms with Crippen molar-refractivity contribution in [2.75, 3.05) is 55.1 Å². The van der Waals surface area contributed by atoms with E-state index in [-0.39, 0.29) is 25.0 Å². The summed E-state index contributed by atoms with van der Waals surface area (Å²) in [4.78, 5) is 39.4. The summed E-state index contributed by atoms with van der Waals surface area (Å²) >= 11 is 0. The number of fused-ring (bicyclic) bond motifs is 1. The summed E-state index contributed by atoms with van der Waals surface area (Å²) in [5, 5.41) is 14.9. The Balaban J connectivity index is 1.60. The molecule has 1 aromatic carbocycles. The third-order valence-corrected chi connectivity index (χ3v) is 7.35. The van der Waals surface area contributed by atoms with Gasteiger partial charge in [0.25, 0.3) is 5.91 Å². The number of hydrogen-bond donors (Lipinski definition) is 3. The Labute approximate surface area is 230 Å². The Kier molecular flexibility index (Phi) is 8.87. The van der Waals surface area contributed by atoms with E-state index in [1.165, 1.54) is 12.8 Å². The molecule has 2 aromatic rings. The Hall–Kier alpha value is -3.50. The average Bonchev–Trinajstić information content (AvgIpc) is 3.43. The maximum absolute atomic E-state index is 13.3. The molecule has 0 radical (unpaired) electrons. The van der Waals surface area contributed by atoms with Crippen LogP contribution in [-0.2, 0) is 9.53 Å². The summed E-state index contributed by atoms with van der Waals surface area (Å²) < 4.78 is 5.20. The molecule has 0 spiro atoms. The molecule has 0 unspecified atom stereocenters. The Morgan fingerprint density at radius 3 is 2.69 bits per heavy atom. The molecule has 1 aliphatic carbocycles. The summed E-state index contributed by atoms with van der Waals surface area (Å²) in [5.74, 6) is 1.00. The Bertz CT molecular complexity index is 1220. The second-order valence-corrected chi connectivity index (χ2v) is 11.0. The summed E-state index contributed by atoms with van der Waals surface area (Å²) in [6.45, 7) is 11.4. The van der Waals surface area contributed by atoms with Crippen molar-refractivity contribution in [3.05, 3.63) is 42.1 Å². The molecular weight excluding hydrogens is 496 g/mol. The van der Waals surface area contributed by atoms with Gasteiger partial charge in [0.05, 0.1) is 31.4 Å². The fourth-order valence-corrected chi connectivity index (χ4v) is 5.30. The number of benzene rings is 1. The topological polar surface area (TPSA) is 120 Å². The predicted octanol–water partition coefficient (Wildman–Crippen LogP) is 3.74. The SMILES string of the molecule is C=C(C)c1cc(C(=O)NCCOCCO)ccc1Nc1ncc2c(n1)N(C1CCCC1)CC(C)(C)C(=O)N2C. The van der Waals surface area contributed by atoms with Gasteiger partial charge in [-0.1, -0.05) is 19.4 Å². The van der Waals surface area contributed by atoms with Crippen LogP contribution in [-0.4, -0.2) is 72.9 Å². The van der Waals surface area contributed by atoms with Crippen LogP contribution in [0.4, 0.5) is 23.1 Å². The first kappa shape index (κ1) is 28.5. The number of ether oxygens (including phenoxy) is 1. The molecule has 1 fully saturated rings. The molecule has 10 nitrogen and oxygen atoms in total. The molecule has 2 aliphatic rings. The molecule has 1 aliphatic heterocycles. The van der Waals surface area contributed by atoms with Gasteiger partial charge in [-0.2, -0.15) is 4.98 Å². The van der Waals surface area contributed by atoms with Gasteiger partial charge in [0.1, 0.15) is 5.69 Å². The van der Waals surface area contributed by atoms with Crippen molar-refractivity contribution in [1.29, 1.82) is 0 Å². The van der Waals surface area contributed by atoms with Crippen LogP contribution in [0.1, 0.15) is 62.4 Å². The fraction of sp³-hybridized carbons (Fsp3) is 0.517. The lowest BCUT2D eigenvalue weighted by atomic mass is 9.91. The van der Waals surface area contributed by atoms with Crippen LogP contribution in [0.25, 0.3) is 5.57 Å². The zero-order valence-electron chi connectivity index (χ0n) is 23.4. The van der Waals surface area contributed by atoms with E-state index in [4.69, 9.17) is 14.8 Å². The number of nitrogens with zero attached hydrogens (tertiary/aromatic N) is 4. The summed E-state index contributed by atoms with van der Waals surface area (Å²) in [6, 6.07) is 5.69. The van der Waals surface area contributed by atoms with Crippen molar-refractivity contribution in [3.8, 4) is 0 Å². The highest BCUT2D eigenvalue weighted by atomic mass is 16.5. The zero-order chi connectivity index (χ0) is 28.2. The smallest absolute Gasteiger partial charge is 0.251 e. The number of nitrogens with one attached hydrogen (secondary N) is 2. The number of allylic oxidation sites excluding steroid dienone is 1. The number of anilines is 4. The molecule has 210 valence electrons. The summed E-state index contributed by atoms with van der Waals surface area (Å²) in [7, 11) is 1.79. The lowest BCUT2D eigenvalue weighted by Gasteiger charge is -2.34. The van der Waals surface area contributed by atoms with Gasteiger partial charge >= 0.3 is 0 Å². The minimum Gasteiger partial charge on any atom is -0.394 e. The molecule has 0 saturated heterocycles. The van der Waals surface area contributed by atoms with E-state index in [1.54, 1.807) is 30.3 Å². The standard InChI is InChI=1S/C29H40N6O4/c1-19(2)22-16-20(26(37)30-12-14-39-15-13-36)10-11-23(22)32-28-31-17-24-25(33-28)35(21-8-6-7-9-21)18-29(3,4)27(38)34(24)5/h10-11,16-17,21,36H,1,6-9,12-15,18H2,2-5H3,(H,30,37)(H,31,32,33). The van der Waals surface area contributed by atoms with E-state index in [2.05, 4.69) is 27.1 Å². The van der Waals surface area contributed by atoms with Crippen LogP contribution in [0, 0.1) is 5.41 Å². The van der Waals surface area contributed by atoms with Gasteiger partial charge in [-0.15, -0.1) is 0 Å². The van der Waals surface area contributed by atoms with E-state index in [0.717, 1.165) is 35.5 Å². The number of aromatic nitrogens is 2. The molecule has 10 heteroatoms. The first-order chi connectivity index (χ1) is 18.6. The number of carbonyl (C=O) groups excluding carboxylic acids is 2. The van der Waals surface area contributed by atoms with Gasteiger partial charge in [-0.05, 0) is 57.4 Å². The highest BCUT2D eigenvalue weighted by Gasteiger charge is 2.41. The van der Waals surface area contributed by atoms with E-state index >= 15 is 0 Å². The highest BCUT2D eigenvalue weighted by Crippen LogP contribution is 2.40. The van der Waals surface area contributed by atoms with Crippen LogP contribution in [0.2, 0.25) is 0 Å². The Morgan fingerprint density at radius 1 is 1.26 bits per heavy atom. The van der Waals surface area contributed by atoms with Crippen LogP contribution in [0.5, 0.6) is 0 Å². The minimum absolute atomic E-state index is 0.0481. The van der Waals surface area contributed by atoms with Crippen molar-refractivity contribution >= 4 is 40.5 Å². The van der Waals surface area contributed by atoms with Crippen molar-refractivity contribution in [1.82, 2.24) is 15.3 Å². The third-order valence-electron chi connectivity index (χ3n) is 7.35. The first-order valence-corrected chi connectivity index (χ1v) is 13.6. The molecule has 2 amide bonds. The van der Waals surface area contributed by atoms with Crippen molar-refractivity contribution in [2.24, 2.45) is 5.41 Å². The number of aliphatic hydroxyl groups excluding tert-OH is 1. The van der Waals surface area contributed by atoms with Crippen molar-refractivity contribution in [2.45, 2.75) is 52.5 Å². The molecule has 39 heavy (non-hydrogen) atoms. The van der Waals surface area contributed by atoms with Gasteiger partial charge in [-0.3, -0.25) is 9.59 Å². The molecular formula is C29H40N6O4. The molecule has 0 bridgehead atoms. The summed E-state index contributed by atoms with van der Waals surface area (Å²) in [6.07, 6.45) is 6.23. The molecule has 3 N–H and O–H groups in total. The number of carbonyl (C=O) groups is 2. The number of aliphatic hydroxyl groups is 1. The van der Waals surface area contributed by atoms with E-state index < -0.39 is 5.41 Å². The third kappa shape index (κ3) is 6.39. The van der Waals surface area contributed by atoms with Gasteiger partial charge in [0.15, 0.2) is 5.82 Å². The molecule has 0 atom stereocenters. The number of hydrogen-bond acceptors (Lipinski definition) is 8. The largest absolute Gasteiger partial charge is 0.394 e. The van der Waals surface area contributed by atoms with E-state index in [9.17, 15) is 9.59 Å². The van der Waals surface area contributed by atoms with Gasteiger partial charge < -0.3 is 30.3 Å². The quantitative estimate of drug-likeness (QED) is 0.393. The first-order valence-electron chi connectivity index (χ1n) is 13.6. The van der Waals surface area contributed by atoms with Crippen LogP contribution in [0.15, 0.2) is 31.0 Å². The fourth-order valence-electron chi connectivity index (χ4n) is 5.30. The molecule has 4 rings (SSSR count).